The number of anilines is 1. The van der Waals surface area contributed by atoms with Crippen LogP contribution in [0, 0.1) is 0 Å². The van der Waals surface area contributed by atoms with E-state index in [2.05, 4.69) is 15.5 Å². The van der Waals surface area contributed by atoms with Crippen molar-refractivity contribution in [1.82, 2.24) is 19.6 Å². The van der Waals surface area contributed by atoms with Crippen molar-refractivity contribution in [2.24, 2.45) is 7.05 Å². The van der Waals surface area contributed by atoms with Crippen molar-refractivity contribution in [3.63, 3.8) is 0 Å². The lowest BCUT2D eigenvalue weighted by molar-refractivity contribution is 0.0680. The Kier molecular flexibility index (Phi) is 4.53. The average Bonchev–Trinajstić information content (AvgIpc) is 3.13. The zero-order chi connectivity index (χ0) is 18.0. The number of nitrogens with zero attached hydrogens (tertiary/aromatic N) is 4. The van der Waals surface area contributed by atoms with E-state index in [1.807, 2.05) is 18.2 Å². The highest BCUT2D eigenvalue weighted by Gasteiger charge is 2.21. The smallest absolute Gasteiger partial charge is 0.354 e. The summed E-state index contributed by atoms with van der Waals surface area (Å²) in [7, 11) is 1.46. The van der Waals surface area contributed by atoms with Gasteiger partial charge in [-0.3, -0.25) is 14.2 Å². The molecule has 0 spiro atoms. The highest BCUT2D eigenvalue weighted by atomic mass is 35.5. The van der Waals surface area contributed by atoms with Gasteiger partial charge in [0.1, 0.15) is 0 Å². The van der Waals surface area contributed by atoms with Gasteiger partial charge >= 0.3 is 5.97 Å². The van der Waals surface area contributed by atoms with Crippen molar-refractivity contribution in [2.45, 2.75) is 6.54 Å². The zero-order valence-electron chi connectivity index (χ0n) is 13.2. The molecule has 0 atom stereocenters. The minimum Gasteiger partial charge on any atom is -0.477 e. The molecule has 0 aliphatic carbocycles. The Labute approximate surface area is 147 Å². The van der Waals surface area contributed by atoms with E-state index in [1.54, 1.807) is 16.9 Å². The molecule has 0 aliphatic rings. The van der Waals surface area contributed by atoms with Crippen LogP contribution in [-0.4, -0.2) is 36.5 Å². The summed E-state index contributed by atoms with van der Waals surface area (Å²) >= 11 is 5.95. The number of carboxylic acid groups (broad SMARTS) is 1. The van der Waals surface area contributed by atoms with Gasteiger partial charge in [-0.1, -0.05) is 23.7 Å². The Balaban J connectivity index is 1.73. The van der Waals surface area contributed by atoms with Crippen molar-refractivity contribution < 1.29 is 14.7 Å². The molecule has 25 heavy (non-hydrogen) atoms. The number of hydrogen-bond acceptors (Lipinski definition) is 4. The summed E-state index contributed by atoms with van der Waals surface area (Å²) in [6.07, 6.45) is 4.35. The van der Waals surface area contributed by atoms with E-state index < -0.39 is 11.9 Å². The number of carboxylic acids is 1. The Morgan fingerprint density at radius 2 is 2.08 bits per heavy atom. The van der Waals surface area contributed by atoms with Gasteiger partial charge in [0.05, 0.1) is 30.2 Å². The number of benzene rings is 1. The third-order valence-electron chi connectivity index (χ3n) is 3.51. The van der Waals surface area contributed by atoms with Gasteiger partial charge in [-0.15, -0.1) is 0 Å². The van der Waals surface area contributed by atoms with E-state index in [-0.39, 0.29) is 11.3 Å². The Morgan fingerprint density at radius 1 is 1.28 bits per heavy atom. The van der Waals surface area contributed by atoms with Gasteiger partial charge in [0.2, 0.25) is 0 Å². The van der Waals surface area contributed by atoms with Crippen LogP contribution >= 0.6 is 11.6 Å². The maximum atomic E-state index is 12.3. The van der Waals surface area contributed by atoms with Crippen LogP contribution in [-0.2, 0) is 13.6 Å². The van der Waals surface area contributed by atoms with Gasteiger partial charge in [-0.05, 0) is 17.7 Å². The second kappa shape index (κ2) is 6.78. The number of aromatic nitrogens is 4. The second-order valence-corrected chi connectivity index (χ2v) is 5.78. The molecule has 128 valence electrons. The quantitative estimate of drug-likeness (QED) is 0.727. The van der Waals surface area contributed by atoms with Gasteiger partial charge in [-0.2, -0.15) is 10.2 Å². The third-order valence-corrected chi connectivity index (χ3v) is 3.75. The largest absolute Gasteiger partial charge is 0.477 e. The lowest BCUT2D eigenvalue weighted by Gasteiger charge is -2.03. The number of carbonyl (C=O) groups excluding carboxylic acids is 1. The number of amides is 1. The topological polar surface area (TPSA) is 102 Å². The number of carbonyl (C=O) groups is 2. The third kappa shape index (κ3) is 3.69. The molecular formula is C16H14ClN5O3. The van der Waals surface area contributed by atoms with Crippen LogP contribution in [0.15, 0.2) is 42.9 Å². The maximum Gasteiger partial charge on any atom is 0.354 e. The molecule has 3 rings (SSSR count). The first-order valence-electron chi connectivity index (χ1n) is 7.27. The molecule has 1 amide bonds. The first-order chi connectivity index (χ1) is 11.9. The molecule has 0 aliphatic heterocycles. The second-order valence-electron chi connectivity index (χ2n) is 5.35. The maximum absolute atomic E-state index is 12.3. The van der Waals surface area contributed by atoms with E-state index in [0.717, 1.165) is 10.2 Å². The monoisotopic (exact) mass is 359 g/mol. The van der Waals surface area contributed by atoms with Crippen molar-refractivity contribution in [2.75, 3.05) is 5.32 Å². The highest BCUT2D eigenvalue weighted by molar-refractivity contribution is 6.30. The fraction of sp³-hybridized carbons (Fsp3) is 0.125. The van der Waals surface area contributed by atoms with E-state index in [1.165, 1.54) is 19.4 Å². The van der Waals surface area contributed by atoms with Gasteiger partial charge in [0.15, 0.2) is 5.69 Å². The molecule has 0 unspecified atom stereocenters. The zero-order valence-corrected chi connectivity index (χ0v) is 13.9. The molecule has 2 heterocycles. The van der Waals surface area contributed by atoms with E-state index >= 15 is 0 Å². The van der Waals surface area contributed by atoms with Crippen LogP contribution in [0.3, 0.4) is 0 Å². The number of nitrogens with one attached hydrogen (secondary N) is 1. The summed E-state index contributed by atoms with van der Waals surface area (Å²) in [5.74, 6) is -1.78. The molecule has 3 aromatic rings. The summed E-state index contributed by atoms with van der Waals surface area (Å²) in [5, 5.41) is 20.4. The Hall–Kier alpha value is -3.13. The minimum atomic E-state index is -1.22. The number of aromatic carboxylic acids is 1. The van der Waals surface area contributed by atoms with Crippen LogP contribution in [0.25, 0.3) is 0 Å². The standard InChI is InChI=1S/C16H14ClN5O3/c1-21-14(16(24)25)13(7-18-21)15(23)20-12-6-19-22(9-12)8-10-3-2-4-11(17)5-10/h2-7,9H,8H2,1H3,(H,20,23)(H,24,25). The fourth-order valence-corrected chi connectivity index (χ4v) is 2.61. The predicted octanol–water partition coefficient (Wildman–Crippen LogP) is 2.27. The molecule has 0 radical (unpaired) electrons. The molecule has 0 saturated heterocycles. The van der Waals surface area contributed by atoms with Gasteiger partial charge in [-0.25, -0.2) is 4.79 Å². The van der Waals surface area contributed by atoms with Crippen LogP contribution < -0.4 is 5.32 Å². The minimum absolute atomic E-state index is 0.0161. The molecule has 0 fully saturated rings. The van der Waals surface area contributed by atoms with Crippen LogP contribution in [0.4, 0.5) is 5.69 Å². The van der Waals surface area contributed by atoms with Crippen molar-refractivity contribution in [3.05, 3.63) is 64.7 Å². The summed E-state index contributed by atoms with van der Waals surface area (Å²) in [6.45, 7) is 0.490. The number of rotatable bonds is 5. The number of aryl methyl sites for hydroxylation is 1. The normalized spacial score (nSPS) is 10.6. The molecular weight excluding hydrogens is 346 g/mol. The SMILES string of the molecule is Cn1ncc(C(=O)Nc2cnn(Cc3cccc(Cl)c3)c2)c1C(=O)O. The summed E-state index contributed by atoms with van der Waals surface area (Å²) in [5.41, 5.74) is 1.22. The average molecular weight is 360 g/mol. The summed E-state index contributed by atoms with van der Waals surface area (Å²) < 4.78 is 2.78. The molecule has 9 heteroatoms. The molecule has 0 bridgehead atoms. The molecule has 8 nitrogen and oxygen atoms in total. The van der Waals surface area contributed by atoms with E-state index in [9.17, 15) is 14.7 Å². The predicted molar refractivity (Wildman–Crippen MR) is 90.9 cm³/mol. The molecule has 2 N–H and O–H groups in total. The van der Waals surface area contributed by atoms with Gasteiger partial charge < -0.3 is 10.4 Å². The van der Waals surface area contributed by atoms with Gasteiger partial charge in [0.25, 0.3) is 5.91 Å². The van der Waals surface area contributed by atoms with Crippen LogP contribution in [0.1, 0.15) is 26.4 Å². The lowest BCUT2D eigenvalue weighted by atomic mass is 10.2. The first kappa shape index (κ1) is 16.7. The highest BCUT2D eigenvalue weighted by Crippen LogP contribution is 2.15. The molecule has 0 saturated carbocycles. The van der Waals surface area contributed by atoms with Crippen molar-refractivity contribution >= 4 is 29.2 Å². The summed E-state index contributed by atoms with van der Waals surface area (Å²) in [6, 6.07) is 7.38. The summed E-state index contributed by atoms with van der Waals surface area (Å²) in [4.78, 5) is 23.5. The number of hydrogen-bond donors (Lipinski definition) is 2. The Bertz CT molecular complexity index is 947. The van der Waals surface area contributed by atoms with E-state index in [0.29, 0.717) is 17.3 Å². The molecule has 2 aromatic heterocycles. The van der Waals surface area contributed by atoms with Crippen LogP contribution in [0.2, 0.25) is 5.02 Å². The first-order valence-corrected chi connectivity index (χ1v) is 7.65. The van der Waals surface area contributed by atoms with Gasteiger partial charge in [0, 0.05) is 18.3 Å². The fourth-order valence-electron chi connectivity index (χ4n) is 2.39. The van der Waals surface area contributed by atoms with Crippen molar-refractivity contribution in [1.29, 1.82) is 0 Å². The van der Waals surface area contributed by atoms with Crippen LogP contribution in [0.5, 0.6) is 0 Å². The Morgan fingerprint density at radius 3 is 2.80 bits per heavy atom. The van der Waals surface area contributed by atoms with Crippen molar-refractivity contribution in [3.8, 4) is 0 Å². The molecule has 1 aromatic carbocycles. The number of halogens is 1. The van der Waals surface area contributed by atoms with E-state index in [4.69, 9.17) is 11.6 Å². The lowest BCUT2D eigenvalue weighted by Crippen LogP contribution is -2.16.